The van der Waals surface area contributed by atoms with Gasteiger partial charge in [0.25, 0.3) is 0 Å². The van der Waals surface area contributed by atoms with E-state index in [1.165, 1.54) is 18.3 Å². The van der Waals surface area contributed by atoms with Crippen LogP contribution >= 0.6 is 11.6 Å². The number of hydrogen-bond acceptors (Lipinski definition) is 5. The van der Waals surface area contributed by atoms with Crippen LogP contribution in [0.2, 0.25) is 5.02 Å². The Bertz CT molecular complexity index is 1710. The second kappa shape index (κ2) is 17.6. The molecule has 1 aliphatic rings. The van der Waals surface area contributed by atoms with Gasteiger partial charge in [-0.1, -0.05) is 48.9 Å². The lowest BCUT2D eigenvalue weighted by atomic mass is 9.80. The van der Waals surface area contributed by atoms with Gasteiger partial charge in [-0.3, -0.25) is 14.6 Å². The Morgan fingerprint density at radius 1 is 0.962 bits per heavy atom. The lowest BCUT2D eigenvalue weighted by Gasteiger charge is -2.37. The van der Waals surface area contributed by atoms with Crippen molar-refractivity contribution in [1.29, 1.82) is 0 Å². The van der Waals surface area contributed by atoms with Crippen LogP contribution in [0.25, 0.3) is 0 Å². The Morgan fingerprint density at radius 2 is 1.64 bits per heavy atom. The molecule has 17 heteroatoms. The summed E-state index contributed by atoms with van der Waals surface area (Å²) in [5.41, 5.74) is -1.47. The average molecular weight is 777 g/mol. The highest BCUT2D eigenvalue weighted by Crippen LogP contribution is 2.38. The number of pyridine rings is 1. The molecule has 3 amide bonds. The highest BCUT2D eigenvalue weighted by atomic mass is 35.5. The van der Waals surface area contributed by atoms with Crippen LogP contribution in [0.4, 0.5) is 39.9 Å². The summed E-state index contributed by atoms with van der Waals surface area (Å²) in [5, 5.41) is 7.67. The minimum absolute atomic E-state index is 0.0508. The maximum Gasteiger partial charge on any atom is 0.461 e. The minimum Gasteiger partial charge on any atom is -0.428 e. The number of ketones is 1. The number of amides is 3. The van der Waals surface area contributed by atoms with Gasteiger partial charge in [0, 0.05) is 43.5 Å². The number of Topliss-reactive ketones (excluding diaryl/α,β-unsaturated/α-hetero) is 1. The summed E-state index contributed by atoms with van der Waals surface area (Å²) < 4.78 is 114. The molecule has 1 aliphatic carbocycles. The first-order valence-corrected chi connectivity index (χ1v) is 17.1. The van der Waals surface area contributed by atoms with Gasteiger partial charge in [-0.15, -0.1) is 0 Å². The zero-order chi connectivity index (χ0) is 39.0. The number of carbonyl (C=O) groups excluding carboxylic acids is 3. The maximum absolute atomic E-state index is 15.1. The van der Waals surface area contributed by atoms with E-state index in [2.05, 4.69) is 20.4 Å². The van der Waals surface area contributed by atoms with Gasteiger partial charge in [-0.05, 0) is 67.5 Å². The smallest absolute Gasteiger partial charge is 0.428 e. The van der Waals surface area contributed by atoms with Crippen LogP contribution < -0.4 is 20.7 Å². The fourth-order valence-electron chi connectivity index (χ4n) is 6.18. The normalized spacial score (nSPS) is 18.1. The van der Waals surface area contributed by atoms with Gasteiger partial charge >= 0.3 is 24.7 Å². The molecule has 1 saturated carbocycles. The Balaban J connectivity index is 1.59. The molecule has 0 aliphatic heterocycles. The summed E-state index contributed by atoms with van der Waals surface area (Å²) in [4.78, 5) is 42.9. The van der Waals surface area contributed by atoms with Gasteiger partial charge in [0.05, 0.1) is 10.7 Å². The van der Waals surface area contributed by atoms with Gasteiger partial charge in [0.15, 0.2) is 0 Å². The third-order valence-corrected chi connectivity index (χ3v) is 9.00. The molecule has 1 fully saturated rings. The van der Waals surface area contributed by atoms with Crippen molar-refractivity contribution >= 4 is 29.3 Å². The molecule has 0 radical (unpaired) electrons. The van der Waals surface area contributed by atoms with Crippen molar-refractivity contribution in [2.24, 2.45) is 5.92 Å². The number of nitrogens with one attached hydrogen (secondary N) is 3. The molecule has 1 aromatic heterocycles. The number of urea groups is 1. The summed E-state index contributed by atoms with van der Waals surface area (Å²) in [7, 11) is 0. The van der Waals surface area contributed by atoms with Gasteiger partial charge < -0.3 is 20.7 Å². The van der Waals surface area contributed by atoms with E-state index in [9.17, 15) is 45.1 Å². The fourth-order valence-corrected chi connectivity index (χ4v) is 6.29. The van der Waals surface area contributed by atoms with Crippen molar-refractivity contribution in [3.8, 4) is 5.75 Å². The molecule has 2 aromatic carbocycles. The highest BCUT2D eigenvalue weighted by Gasteiger charge is 2.46. The van der Waals surface area contributed by atoms with Gasteiger partial charge in [-0.25, -0.2) is 9.18 Å². The van der Waals surface area contributed by atoms with Crippen molar-refractivity contribution in [1.82, 2.24) is 20.9 Å². The zero-order valence-electron chi connectivity index (χ0n) is 28.3. The number of carbonyl (C=O) groups is 3. The molecule has 0 bridgehead atoms. The first-order valence-electron chi connectivity index (χ1n) is 16.7. The zero-order valence-corrected chi connectivity index (χ0v) is 29.1. The molecule has 4 rings (SSSR count). The summed E-state index contributed by atoms with van der Waals surface area (Å²) >= 11 is 6.08. The number of aromatic nitrogens is 1. The third-order valence-electron chi connectivity index (χ3n) is 8.78. The molecule has 1 heterocycles. The van der Waals surface area contributed by atoms with E-state index in [-0.39, 0.29) is 54.8 Å². The SMILES string of the molecule is CCCC(=O)CC(NC(=O)[C@H]1CC[C@@H](NC(=O)N[C@@](Cc2ccccc2)(c2cc(F)cc(OC(F)(F)C(F)F)c2)c2ccc(Cl)cn2)CC1)C(F)(F)F. The average Bonchev–Trinajstić information content (AvgIpc) is 3.08. The molecule has 1 unspecified atom stereocenters. The summed E-state index contributed by atoms with van der Waals surface area (Å²) in [5.74, 6) is -4.43. The van der Waals surface area contributed by atoms with E-state index in [4.69, 9.17) is 11.6 Å². The van der Waals surface area contributed by atoms with Crippen LogP contribution in [0.1, 0.15) is 68.7 Å². The van der Waals surface area contributed by atoms with E-state index in [1.54, 1.807) is 37.3 Å². The number of rotatable bonds is 15. The Hall–Kier alpha value is -4.47. The monoisotopic (exact) mass is 776 g/mol. The van der Waals surface area contributed by atoms with E-state index >= 15 is 4.39 Å². The Morgan fingerprint density at radius 3 is 2.23 bits per heavy atom. The Kier molecular flexibility index (Phi) is 13.7. The molecule has 2 atom stereocenters. The Labute approximate surface area is 305 Å². The second-order valence-electron chi connectivity index (χ2n) is 12.8. The maximum atomic E-state index is 15.1. The number of alkyl halides is 7. The lowest BCUT2D eigenvalue weighted by Crippen LogP contribution is -2.55. The van der Waals surface area contributed by atoms with Gasteiger partial charge in [-0.2, -0.15) is 30.7 Å². The van der Waals surface area contributed by atoms with Crippen LogP contribution in [0, 0.1) is 11.7 Å². The van der Waals surface area contributed by atoms with Crippen LogP contribution in [0.5, 0.6) is 5.75 Å². The molecule has 0 saturated heterocycles. The van der Waals surface area contributed by atoms with Gasteiger partial charge in [0.1, 0.15) is 28.9 Å². The summed E-state index contributed by atoms with van der Waals surface area (Å²) in [6.45, 7) is 1.65. The fraction of sp³-hybridized carbons (Fsp3) is 0.444. The predicted molar refractivity (Wildman–Crippen MR) is 178 cm³/mol. The lowest BCUT2D eigenvalue weighted by molar-refractivity contribution is -0.253. The molecule has 288 valence electrons. The minimum atomic E-state index is -4.98. The standard InChI is InChI=1S/C36H37ClF8N4O4/c1-2-6-27(50)18-30(35(41,42)43)48-31(51)22-9-12-26(13-10-22)47-33(52)49-34(19-21-7-4-3-5-8-21,29-14-11-24(37)20-46-29)23-15-25(38)17-28(16-23)53-36(44,45)32(39)40/h3-5,7-8,11,14-17,20,22,26,30,32H,2,6,9-10,12-13,18-19H2,1H3,(H,48,51)(H2,47,49,52)/t22-,26+,30?,34-/m0/s1. The third kappa shape index (κ3) is 11.3. The van der Waals surface area contributed by atoms with Crippen molar-refractivity contribution in [2.75, 3.05) is 0 Å². The van der Waals surface area contributed by atoms with E-state index in [0.29, 0.717) is 18.1 Å². The van der Waals surface area contributed by atoms with Gasteiger partial charge in [0.2, 0.25) is 5.91 Å². The molecule has 53 heavy (non-hydrogen) atoms. The molecular formula is C36H37ClF8N4O4. The first kappa shape index (κ1) is 41.3. The number of halogens is 9. The van der Waals surface area contributed by atoms with Crippen LogP contribution in [0.15, 0.2) is 66.9 Å². The quantitative estimate of drug-likeness (QED) is 0.135. The van der Waals surface area contributed by atoms with Crippen molar-refractivity contribution in [3.05, 3.63) is 94.5 Å². The highest BCUT2D eigenvalue weighted by molar-refractivity contribution is 6.30. The van der Waals surface area contributed by atoms with E-state index in [0.717, 1.165) is 12.1 Å². The topological polar surface area (TPSA) is 109 Å². The van der Waals surface area contributed by atoms with E-state index in [1.807, 2.05) is 5.32 Å². The number of hydrogen-bond donors (Lipinski definition) is 3. The summed E-state index contributed by atoms with van der Waals surface area (Å²) in [6, 6.07) is 9.70. The number of benzene rings is 2. The first-order chi connectivity index (χ1) is 24.9. The van der Waals surface area contributed by atoms with Crippen LogP contribution in [0.3, 0.4) is 0 Å². The predicted octanol–water partition coefficient (Wildman–Crippen LogP) is 8.26. The van der Waals surface area contributed by atoms with E-state index < -0.39 is 78.0 Å². The summed E-state index contributed by atoms with van der Waals surface area (Å²) in [6.07, 6.45) is -13.0. The van der Waals surface area contributed by atoms with Crippen LogP contribution in [-0.2, 0) is 21.5 Å². The molecule has 0 spiro atoms. The van der Waals surface area contributed by atoms with Crippen LogP contribution in [-0.4, -0.2) is 53.5 Å². The largest absolute Gasteiger partial charge is 0.461 e. The molecule has 8 nitrogen and oxygen atoms in total. The number of nitrogens with zero attached hydrogens (tertiary/aromatic N) is 1. The second-order valence-corrected chi connectivity index (χ2v) is 13.2. The van der Waals surface area contributed by atoms with Crippen molar-refractivity contribution in [3.63, 3.8) is 0 Å². The van der Waals surface area contributed by atoms with Crippen molar-refractivity contribution < 1.29 is 54.2 Å². The van der Waals surface area contributed by atoms with Crippen molar-refractivity contribution in [2.45, 2.75) is 94.6 Å². The molecule has 3 aromatic rings. The molecule has 3 N–H and O–H groups in total. The molecular weight excluding hydrogens is 740 g/mol. The number of ether oxygens (including phenoxy) is 1.